The minimum absolute atomic E-state index is 0.0996. The first kappa shape index (κ1) is 12.7. The Labute approximate surface area is 104 Å². The molecule has 0 fully saturated rings. The monoisotopic (exact) mass is 254 g/mol. The van der Waals surface area contributed by atoms with Crippen LogP contribution in [0.15, 0.2) is 12.1 Å². The summed E-state index contributed by atoms with van der Waals surface area (Å²) in [4.78, 5) is 10.8. The molecule has 98 valence electrons. The van der Waals surface area contributed by atoms with Crippen molar-refractivity contribution in [2.45, 2.75) is 19.8 Å². The first-order chi connectivity index (χ1) is 8.59. The Bertz CT molecular complexity index is 459. The van der Waals surface area contributed by atoms with Crippen LogP contribution in [0.4, 0.5) is 4.39 Å². The van der Waals surface area contributed by atoms with Crippen molar-refractivity contribution in [1.82, 2.24) is 0 Å². The number of carboxylic acid groups (broad SMARTS) is 1. The van der Waals surface area contributed by atoms with Gasteiger partial charge in [-0.15, -0.1) is 0 Å². The molecule has 1 aromatic carbocycles. The van der Waals surface area contributed by atoms with Crippen LogP contribution in [0.3, 0.4) is 0 Å². The van der Waals surface area contributed by atoms with Crippen molar-refractivity contribution in [3.05, 3.63) is 23.5 Å². The molecule has 5 heteroatoms. The molecule has 18 heavy (non-hydrogen) atoms. The van der Waals surface area contributed by atoms with Gasteiger partial charge in [0.15, 0.2) is 17.3 Å². The average Bonchev–Trinajstić information content (AvgIpc) is 2.58. The molecule has 4 nitrogen and oxygen atoms in total. The molecule has 0 radical (unpaired) electrons. The molecule has 0 saturated heterocycles. The summed E-state index contributed by atoms with van der Waals surface area (Å²) >= 11 is 0. The number of aliphatic carboxylic acids is 1. The SMILES string of the molecule is CC(Cc1ccc2c(c1F)OCCCO2)C(=O)O. The third-order valence-electron chi connectivity index (χ3n) is 2.88. The lowest BCUT2D eigenvalue weighted by Crippen LogP contribution is -2.13. The van der Waals surface area contributed by atoms with Crippen LogP contribution in [0.2, 0.25) is 0 Å². The van der Waals surface area contributed by atoms with E-state index in [1.54, 1.807) is 19.1 Å². The van der Waals surface area contributed by atoms with Crippen molar-refractivity contribution in [1.29, 1.82) is 0 Å². The molecule has 0 amide bonds. The quantitative estimate of drug-likeness (QED) is 0.898. The molecule has 1 unspecified atom stereocenters. The molecule has 1 atom stereocenters. The first-order valence-corrected chi connectivity index (χ1v) is 5.89. The van der Waals surface area contributed by atoms with E-state index in [-0.39, 0.29) is 12.2 Å². The van der Waals surface area contributed by atoms with Crippen LogP contribution in [-0.2, 0) is 11.2 Å². The summed E-state index contributed by atoms with van der Waals surface area (Å²) in [7, 11) is 0. The van der Waals surface area contributed by atoms with Gasteiger partial charge in [-0.2, -0.15) is 0 Å². The van der Waals surface area contributed by atoms with Crippen LogP contribution in [-0.4, -0.2) is 24.3 Å². The normalized spacial score (nSPS) is 15.9. The van der Waals surface area contributed by atoms with E-state index in [4.69, 9.17) is 14.6 Å². The third-order valence-corrected chi connectivity index (χ3v) is 2.88. The summed E-state index contributed by atoms with van der Waals surface area (Å²) < 4.78 is 24.8. The fourth-order valence-electron chi connectivity index (χ4n) is 1.82. The number of hydrogen-bond donors (Lipinski definition) is 1. The van der Waals surface area contributed by atoms with Gasteiger partial charge in [-0.25, -0.2) is 4.39 Å². The fraction of sp³-hybridized carbons (Fsp3) is 0.462. The maximum absolute atomic E-state index is 14.2. The summed E-state index contributed by atoms with van der Waals surface area (Å²) in [6.45, 7) is 2.45. The van der Waals surface area contributed by atoms with Gasteiger partial charge in [-0.1, -0.05) is 13.0 Å². The second kappa shape index (κ2) is 5.25. The van der Waals surface area contributed by atoms with Crippen molar-refractivity contribution in [2.75, 3.05) is 13.2 Å². The average molecular weight is 254 g/mol. The van der Waals surface area contributed by atoms with Gasteiger partial charge in [0.1, 0.15) is 0 Å². The highest BCUT2D eigenvalue weighted by Crippen LogP contribution is 2.34. The van der Waals surface area contributed by atoms with E-state index in [0.29, 0.717) is 30.9 Å². The maximum atomic E-state index is 14.2. The Morgan fingerprint density at radius 1 is 1.44 bits per heavy atom. The van der Waals surface area contributed by atoms with Gasteiger partial charge in [0.2, 0.25) is 0 Å². The summed E-state index contributed by atoms with van der Waals surface area (Å²) in [5.74, 6) is -1.60. The van der Waals surface area contributed by atoms with Crippen LogP contribution in [0.5, 0.6) is 11.5 Å². The Morgan fingerprint density at radius 3 is 2.89 bits per heavy atom. The molecule has 1 aliphatic rings. The summed E-state index contributed by atoms with van der Waals surface area (Å²) in [6, 6.07) is 3.19. The van der Waals surface area contributed by atoms with Gasteiger partial charge in [0, 0.05) is 6.42 Å². The van der Waals surface area contributed by atoms with Crippen LogP contribution in [0.1, 0.15) is 18.9 Å². The highest BCUT2D eigenvalue weighted by atomic mass is 19.1. The first-order valence-electron chi connectivity index (χ1n) is 5.89. The van der Waals surface area contributed by atoms with Gasteiger partial charge < -0.3 is 14.6 Å². The van der Waals surface area contributed by atoms with Crippen LogP contribution < -0.4 is 9.47 Å². The molecule has 0 spiro atoms. The maximum Gasteiger partial charge on any atom is 0.306 e. The standard InChI is InChI=1S/C13H15FO4/c1-8(13(15)16)7-9-3-4-10-12(11(9)14)18-6-2-5-17-10/h3-4,8H,2,5-7H2,1H3,(H,15,16). The Kier molecular flexibility index (Phi) is 3.69. The van der Waals surface area contributed by atoms with E-state index in [0.717, 1.165) is 0 Å². The number of ether oxygens (including phenoxy) is 2. The van der Waals surface area contributed by atoms with Crippen molar-refractivity contribution < 1.29 is 23.8 Å². The number of fused-ring (bicyclic) bond motifs is 1. The molecule has 0 aromatic heterocycles. The summed E-state index contributed by atoms with van der Waals surface area (Å²) in [5, 5.41) is 8.84. The summed E-state index contributed by atoms with van der Waals surface area (Å²) in [5.41, 5.74) is 0.342. The highest BCUT2D eigenvalue weighted by Gasteiger charge is 2.21. The lowest BCUT2D eigenvalue weighted by atomic mass is 10.0. The predicted octanol–water partition coefficient (Wildman–Crippen LogP) is 2.25. The van der Waals surface area contributed by atoms with Gasteiger partial charge in [-0.05, 0) is 18.1 Å². The predicted molar refractivity (Wildman–Crippen MR) is 62.5 cm³/mol. The van der Waals surface area contributed by atoms with Gasteiger partial charge in [0.25, 0.3) is 0 Å². The second-order valence-electron chi connectivity index (χ2n) is 4.36. The van der Waals surface area contributed by atoms with Crippen molar-refractivity contribution >= 4 is 5.97 Å². The van der Waals surface area contributed by atoms with E-state index < -0.39 is 17.7 Å². The van der Waals surface area contributed by atoms with Gasteiger partial charge >= 0.3 is 5.97 Å². The van der Waals surface area contributed by atoms with E-state index in [2.05, 4.69) is 0 Å². The van der Waals surface area contributed by atoms with E-state index in [1.807, 2.05) is 0 Å². The zero-order valence-electron chi connectivity index (χ0n) is 10.1. The zero-order chi connectivity index (χ0) is 13.1. The molecule has 1 aromatic rings. The Hall–Kier alpha value is -1.78. The largest absolute Gasteiger partial charge is 0.489 e. The number of rotatable bonds is 3. The second-order valence-corrected chi connectivity index (χ2v) is 4.36. The van der Waals surface area contributed by atoms with E-state index in [1.165, 1.54) is 0 Å². The van der Waals surface area contributed by atoms with E-state index in [9.17, 15) is 9.18 Å². The lowest BCUT2D eigenvalue weighted by Gasteiger charge is -2.12. The molecule has 0 saturated carbocycles. The fourth-order valence-corrected chi connectivity index (χ4v) is 1.82. The van der Waals surface area contributed by atoms with E-state index >= 15 is 0 Å². The van der Waals surface area contributed by atoms with Crippen LogP contribution >= 0.6 is 0 Å². The molecule has 1 N–H and O–H groups in total. The summed E-state index contributed by atoms with van der Waals surface area (Å²) in [6.07, 6.45) is 0.840. The molecule has 1 aliphatic heterocycles. The van der Waals surface area contributed by atoms with Crippen LogP contribution in [0.25, 0.3) is 0 Å². The third kappa shape index (κ3) is 2.55. The van der Waals surface area contributed by atoms with Gasteiger partial charge in [-0.3, -0.25) is 4.79 Å². The molecule has 2 rings (SSSR count). The number of benzene rings is 1. The number of carbonyl (C=O) groups is 1. The topological polar surface area (TPSA) is 55.8 Å². The minimum atomic E-state index is -0.943. The molecular formula is C13H15FO4. The highest BCUT2D eigenvalue weighted by molar-refractivity contribution is 5.70. The van der Waals surface area contributed by atoms with Crippen molar-refractivity contribution in [3.63, 3.8) is 0 Å². The zero-order valence-corrected chi connectivity index (χ0v) is 10.1. The molecule has 0 aliphatic carbocycles. The Morgan fingerprint density at radius 2 is 2.17 bits per heavy atom. The van der Waals surface area contributed by atoms with Gasteiger partial charge in [0.05, 0.1) is 19.1 Å². The van der Waals surface area contributed by atoms with Crippen molar-refractivity contribution in [3.8, 4) is 11.5 Å². The number of halogens is 1. The molecule has 1 heterocycles. The molecule has 0 bridgehead atoms. The Balaban J connectivity index is 2.28. The smallest absolute Gasteiger partial charge is 0.306 e. The number of carboxylic acids is 1. The van der Waals surface area contributed by atoms with Crippen molar-refractivity contribution in [2.24, 2.45) is 5.92 Å². The number of hydrogen-bond acceptors (Lipinski definition) is 3. The molecular weight excluding hydrogens is 239 g/mol. The minimum Gasteiger partial charge on any atom is -0.489 e. The van der Waals surface area contributed by atoms with Crippen LogP contribution in [0, 0.1) is 11.7 Å². The lowest BCUT2D eigenvalue weighted by molar-refractivity contribution is -0.141.